The summed E-state index contributed by atoms with van der Waals surface area (Å²) in [5, 5.41) is 0. The van der Waals surface area contributed by atoms with E-state index in [1.54, 1.807) is 0 Å². The van der Waals surface area contributed by atoms with E-state index in [9.17, 15) is 14.4 Å². The molecule has 0 rings (SSSR count). The van der Waals surface area contributed by atoms with Gasteiger partial charge in [0, 0.05) is 0 Å². The third-order valence-corrected chi connectivity index (χ3v) is 3.75. The molecule has 0 spiro atoms. The standard InChI is InChI=1S/C14H31O4P.2Li/c1-2-3-4-5-6-7-8-9-10-11-12-13-14-18-19(15,16)17;;/h2-14H2,1H3,(H2,15,16,17);;/q;2*+1/p-2. The molecule has 21 heavy (non-hydrogen) atoms. The van der Waals surface area contributed by atoms with Crippen LogP contribution in [0, 0.1) is 0 Å². The minimum atomic E-state index is -4.75. The SMILES string of the molecule is CCCCCCCCCCCCCCOP(=O)([O-])[O-].[Li+].[Li+]. The van der Waals surface area contributed by atoms with E-state index >= 15 is 0 Å². The van der Waals surface area contributed by atoms with E-state index < -0.39 is 7.82 Å². The molecular formula is C14H29Li2O4P. The summed E-state index contributed by atoms with van der Waals surface area (Å²) in [5.41, 5.74) is 0. The van der Waals surface area contributed by atoms with Crippen molar-refractivity contribution in [3.63, 3.8) is 0 Å². The number of rotatable bonds is 14. The molecule has 4 nitrogen and oxygen atoms in total. The third-order valence-electron chi connectivity index (χ3n) is 3.25. The minimum Gasteiger partial charge on any atom is -0.790 e. The molecule has 0 aromatic carbocycles. The van der Waals surface area contributed by atoms with Crippen LogP contribution in [0.4, 0.5) is 0 Å². The molecule has 0 heterocycles. The first-order valence-corrected chi connectivity index (χ1v) is 9.19. The predicted molar refractivity (Wildman–Crippen MR) is 74.6 cm³/mol. The van der Waals surface area contributed by atoms with Gasteiger partial charge in [-0.15, -0.1) is 0 Å². The van der Waals surface area contributed by atoms with Crippen LogP contribution in [-0.4, -0.2) is 6.61 Å². The molecule has 0 bridgehead atoms. The summed E-state index contributed by atoms with van der Waals surface area (Å²) in [6, 6.07) is 0. The van der Waals surface area contributed by atoms with Crippen LogP contribution in [0.15, 0.2) is 0 Å². The fourth-order valence-electron chi connectivity index (χ4n) is 2.12. The molecule has 0 amide bonds. The van der Waals surface area contributed by atoms with E-state index in [-0.39, 0.29) is 44.3 Å². The maximum absolute atomic E-state index is 10.2. The van der Waals surface area contributed by atoms with Gasteiger partial charge >= 0.3 is 37.7 Å². The Balaban J connectivity index is -0.00000162. The van der Waals surface area contributed by atoms with Crippen molar-refractivity contribution in [3.8, 4) is 0 Å². The van der Waals surface area contributed by atoms with E-state index in [0.717, 1.165) is 12.8 Å². The molecule has 116 valence electrons. The van der Waals surface area contributed by atoms with Gasteiger partial charge in [-0.25, -0.2) is 0 Å². The van der Waals surface area contributed by atoms with Crippen molar-refractivity contribution in [2.75, 3.05) is 6.61 Å². The van der Waals surface area contributed by atoms with E-state index in [0.29, 0.717) is 6.42 Å². The van der Waals surface area contributed by atoms with Crippen molar-refractivity contribution in [3.05, 3.63) is 0 Å². The average molecular weight is 306 g/mol. The van der Waals surface area contributed by atoms with Crippen LogP contribution in [0.3, 0.4) is 0 Å². The number of unbranched alkanes of at least 4 members (excludes halogenated alkanes) is 11. The van der Waals surface area contributed by atoms with Crippen LogP contribution in [0.1, 0.15) is 84.0 Å². The van der Waals surface area contributed by atoms with Crippen molar-refractivity contribution in [1.29, 1.82) is 0 Å². The summed E-state index contributed by atoms with van der Waals surface area (Å²) in [4.78, 5) is 20.4. The van der Waals surface area contributed by atoms with Crippen LogP contribution < -0.4 is 47.5 Å². The van der Waals surface area contributed by atoms with Crippen molar-refractivity contribution in [1.82, 2.24) is 0 Å². The van der Waals surface area contributed by atoms with Gasteiger partial charge in [-0.05, 0) is 6.42 Å². The van der Waals surface area contributed by atoms with Crippen LogP contribution in [-0.2, 0) is 9.09 Å². The molecule has 0 aliphatic carbocycles. The Kier molecular flexibility index (Phi) is 25.0. The number of phosphoric ester groups is 1. The van der Waals surface area contributed by atoms with Gasteiger partial charge in [-0.3, -0.25) is 0 Å². The quantitative estimate of drug-likeness (QED) is 0.203. The molecule has 0 atom stereocenters. The normalized spacial score (nSPS) is 10.8. The Morgan fingerprint density at radius 3 is 1.38 bits per heavy atom. The average Bonchev–Trinajstić information content (AvgIpc) is 2.34. The van der Waals surface area contributed by atoms with Crippen molar-refractivity contribution in [2.24, 2.45) is 0 Å². The second-order valence-electron chi connectivity index (χ2n) is 5.17. The summed E-state index contributed by atoms with van der Waals surface area (Å²) in [6.45, 7) is 2.28. The predicted octanol–water partition coefficient (Wildman–Crippen LogP) is -2.46. The first-order chi connectivity index (χ1) is 9.06. The molecule has 0 aliphatic rings. The smallest absolute Gasteiger partial charge is 0.790 e. The molecule has 0 unspecified atom stereocenters. The molecule has 0 N–H and O–H groups in total. The molecule has 7 heteroatoms. The van der Waals surface area contributed by atoms with E-state index in [1.165, 1.54) is 57.8 Å². The Bertz CT molecular complexity index is 237. The van der Waals surface area contributed by atoms with E-state index in [1.807, 2.05) is 0 Å². The third kappa shape index (κ3) is 26.5. The Hall–Kier alpha value is 1.30. The number of phosphoric acid groups is 1. The molecular weight excluding hydrogens is 277 g/mol. The van der Waals surface area contributed by atoms with Gasteiger partial charge < -0.3 is 18.9 Å². The van der Waals surface area contributed by atoms with E-state index in [2.05, 4.69) is 11.4 Å². The van der Waals surface area contributed by atoms with Crippen molar-refractivity contribution < 1.29 is 56.6 Å². The van der Waals surface area contributed by atoms with Crippen LogP contribution in [0.5, 0.6) is 0 Å². The largest absolute Gasteiger partial charge is 1.00 e. The maximum Gasteiger partial charge on any atom is 1.00 e. The molecule has 0 radical (unpaired) electrons. The van der Waals surface area contributed by atoms with Crippen LogP contribution in [0.2, 0.25) is 0 Å². The summed E-state index contributed by atoms with van der Waals surface area (Å²) in [5.74, 6) is 0. The second kappa shape index (κ2) is 19.4. The van der Waals surface area contributed by atoms with Gasteiger partial charge in [0.15, 0.2) is 0 Å². The van der Waals surface area contributed by atoms with Crippen molar-refractivity contribution >= 4 is 7.82 Å². The number of hydrogen-bond donors (Lipinski definition) is 0. The zero-order valence-electron chi connectivity index (χ0n) is 14.3. The maximum atomic E-state index is 10.2. The summed E-state index contributed by atoms with van der Waals surface area (Å²) in [6.07, 6.45) is 14.6. The molecule has 0 aromatic heterocycles. The fourth-order valence-corrected chi connectivity index (χ4v) is 2.47. The van der Waals surface area contributed by atoms with Gasteiger partial charge in [-0.1, -0.05) is 77.6 Å². The zero-order valence-corrected chi connectivity index (χ0v) is 15.2. The van der Waals surface area contributed by atoms with Gasteiger partial charge in [0.25, 0.3) is 0 Å². The minimum absolute atomic E-state index is 0. The molecule has 0 fully saturated rings. The topological polar surface area (TPSA) is 72.4 Å². The van der Waals surface area contributed by atoms with Gasteiger partial charge in [0.2, 0.25) is 0 Å². The zero-order chi connectivity index (χ0) is 14.4. The Labute approximate surface area is 154 Å². The summed E-state index contributed by atoms with van der Waals surface area (Å²) in [7, 11) is -4.75. The molecule has 0 aliphatic heterocycles. The monoisotopic (exact) mass is 306 g/mol. The van der Waals surface area contributed by atoms with Crippen LogP contribution >= 0.6 is 7.82 Å². The van der Waals surface area contributed by atoms with Crippen LogP contribution in [0.25, 0.3) is 0 Å². The number of hydrogen-bond acceptors (Lipinski definition) is 4. The van der Waals surface area contributed by atoms with Gasteiger partial charge in [0.1, 0.15) is 0 Å². The summed E-state index contributed by atoms with van der Waals surface area (Å²) < 4.78 is 14.3. The van der Waals surface area contributed by atoms with E-state index in [4.69, 9.17) is 0 Å². The molecule has 0 saturated carbocycles. The first-order valence-electron chi connectivity index (χ1n) is 7.73. The molecule has 0 aromatic rings. The van der Waals surface area contributed by atoms with Crippen molar-refractivity contribution in [2.45, 2.75) is 84.0 Å². The first kappa shape index (κ1) is 27.2. The second-order valence-corrected chi connectivity index (χ2v) is 6.32. The van der Waals surface area contributed by atoms with Gasteiger partial charge in [-0.2, -0.15) is 0 Å². The van der Waals surface area contributed by atoms with Gasteiger partial charge in [0.05, 0.1) is 14.4 Å². The molecule has 0 saturated heterocycles. The Morgan fingerprint density at radius 1 is 0.714 bits per heavy atom. The summed E-state index contributed by atoms with van der Waals surface area (Å²) >= 11 is 0. The Morgan fingerprint density at radius 2 is 1.05 bits per heavy atom. The fraction of sp³-hybridized carbons (Fsp3) is 1.00.